The molecule has 1 unspecified atom stereocenters. The zero-order chi connectivity index (χ0) is 15.0. The molecule has 0 aliphatic carbocycles. The molecule has 0 aromatic heterocycles. The second kappa shape index (κ2) is 11.1. The highest BCUT2D eigenvalue weighted by Crippen LogP contribution is 2.25. The SMILES string of the molecule is CCNC(=NCc1ccc(OC)c(Br)c1)NC(C)CC.I. The van der Waals surface area contributed by atoms with E-state index in [2.05, 4.69) is 52.3 Å². The van der Waals surface area contributed by atoms with Crippen LogP contribution in [0.2, 0.25) is 0 Å². The van der Waals surface area contributed by atoms with Crippen molar-refractivity contribution in [1.29, 1.82) is 0 Å². The van der Waals surface area contributed by atoms with E-state index < -0.39 is 0 Å². The molecule has 21 heavy (non-hydrogen) atoms. The second-order valence-corrected chi connectivity index (χ2v) is 5.47. The van der Waals surface area contributed by atoms with E-state index in [4.69, 9.17) is 4.74 Å². The lowest BCUT2D eigenvalue weighted by Gasteiger charge is -2.16. The molecule has 6 heteroatoms. The van der Waals surface area contributed by atoms with E-state index >= 15 is 0 Å². The molecule has 0 radical (unpaired) electrons. The smallest absolute Gasteiger partial charge is 0.191 e. The van der Waals surface area contributed by atoms with E-state index in [1.54, 1.807) is 7.11 Å². The van der Waals surface area contributed by atoms with Crippen LogP contribution < -0.4 is 15.4 Å². The first-order chi connectivity index (χ1) is 9.60. The number of nitrogens with one attached hydrogen (secondary N) is 2. The number of rotatable bonds is 6. The van der Waals surface area contributed by atoms with Gasteiger partial charge in [-0.2, -0.15) is 0 Å². The van der Waals surface area contributed by atoms with Crippen molar-refractivity contribution in [2.45, 2.75) is 39.8 Å². The van der Waals surface area contributed by atoms with Crippen LogP contribution in [0.15, 0.2) is 27.7 Å². The van der Waals surface area contributed by atoms with Crippen molar-refractivity contribution in [2.75, 3.05) is 13.7 Å². The second-order valence-electron chi connectivity index (χ2n) is 4.62. The first-order valence-corrected chi connectivity index (χ1v) is 7.77. The third-order valence-corrected chi connectivity index (χ3v) is 3.60. The van der Waals surface area contributed by atoms with Gasteiger partial charge >= 0.3 is 0 Å². The van der Waals surface area contributed by atoms with Gasteiger partial charge in [0.25, 0.3) is 0 Å². The molecule has 0 amide bonds. The van der Waals surface area contributed by atoms with E-state index in [0.29, 0.717) is 12.6 Å². The van der Waals surface area contributed by atoms with Gasteiger partial charge in [-0.3, -0.25) is 0 Å². The molecule has 1 aromatic carbocycles. The van der Waals surface area contributed by atoms with Crippen LogP contribution in [0.5, 0.6) is 5.75 Å². The number of halogens is 2. The highest BCUT2D eigenvalue weighted by Gasteiger charge is 2.04. The van der Waals surface area contributed by atoms with Crippen molar-refractivity contribution in [3.05, 3.63) is 28.2 Å². The summed E-state index contributed by atoms with van der Waals surface area (Å²) in [6.45, 7) is 7.86. The summed E-state index contributed by atoms with van der Waals surface area (Å²) in [5.74, 6) is 1.69. The summed E-state index contributed by atoms with van der Waals surface area (Å²) in [7, 11) is 1.66. The maximum atomic E-state index is 5.22. The monoisotopic (exact) mass is 469 g/mol. The lowest BCUT2D eigenvalue weighted by molar-refractivity contribution is 0.412. The number of nitrogens with zero attached hydrogens (tertiary/aromatic N) is 1. The zero-order valence-corrected chi connectivity index (χ0v) is 17.0. The van der Waals surface area contributed by atoms with Crippen LogP contribution in [0.4, 0.5) is 0 Å². The highest BCUT2D eigenvalue weighted by molar-refractivity contribution is 14.0. The molecule has 1 rings (SSSR count). The van der Waals surface area contributed by atoms with E-state index in [0.717, 1.165) is 34.7 Å². The van der Waals surface area contributed by atoms with Gasteiger partial charge in [0.1, 0.15) is 5.75 Å². The lowest BCUT2D eigenvalue weighted by atomic mass is 10.2. The fourth-order valence-corrected chi connectivity index (χ4v) is 2.22. The van der Waals surface area contributed by atoms with E-state index in [9.17, 15) is 0 Å². The average Bonchev–Trinajstić information content (AvgIpc) is 2.45. The largest absolute Gasteiger partial charge is 0.496 e. The van der Waals surface area contributed by atoms with Gasteiger partial charge in [-0.05, 0) is 53.9 Å². The summed E-state index contributed by atoms with van der Waals surface area (Å²) in [6.07, 6.45) is 1.07. The molecule has 120 valence electrons. The Balaban J connectivity index is 0.00000400. The Bertz CT molecular complexity index is 455. The van der Waals surface area contributed by atoms with Crippen LogP contribution in [0.3, 0.4) is 0 Å². The minimum atomic E-state index is 0. The van der Waals surface area contributed by atoms with Crippen molar-refractivity contribution in [3.63, 3.8) is 0 Å². The molecule has 4 nitrogen and oxygen atoms in total. The number of hydrogen-bond acceptors (Lipinski definition) is 2. The average molecular weight is 470 g/mol. The summed E-state index contributed by atoms with van der Waals surface area (Å²) < 4.78 is 6.18. The Morgan fingerprint density at radius 1 is 1.38 bits per heavy atom. The van der Waals surface area contributed by atoms with Crippen molar-refractivity contribution in [1.82, 2.24) is 10.6 Å². The number of aliphatic imine (C=N–C) groups is 1. The van der Waals surface area contributed by atoms with Crippen LogP contribution in [-0.4, -0.2) is 25.7 Å². The van der Waals surface area contributed by atoms with Gasteiger partial charge in [-0.15, -0.1) is 24.0 Å². The maximum absolute atomic E-state index is 5.22. The minimum absolute atomic E-state index is 0. The van der Waals surface area contributed by atoms with Crippen LogP contribution in [0.25, 0.3) is 0 Å². The molecule has 1 atom stereocenters. The topological polar surface area (TPSA) is 45.7 Å². The number of hydrogen-bond donors (Lipinski definition) is 2. The molecule has 0 spiro atoms. The molecule has 0 fully saturated rings. The molecule has 0 aliphatic rings. The molecule has 0 aliphatic heterocycles. The summed E-state index contributed by atoms with van der Waals surface area (Å²) in [6, 6.07) is 6.43. The summed E-state index contributed by atoms with van der Waals surface area (Å²) in [5, 5.41) is 6.64. The first kappa shape index (κ1) is 20.5. The van der Waals surface area contributed by atoms with Gasteiger partial charge < -0.3 is 15.4 Å². The van der Waals surface area contributed by atoms with E-state index in [1.807, 2.05) is 18.2 Å². The summed E-state index contributed by atoms with van der Waals surface area (Å²) in [4.78, 5) is 4.60. The molecule has 0 bridgehead atoms. The molecular weight excluding hydrogens is 445 g/mol. The van der Waals surface area contributed by atoms with Gasteiger partial charge in [0.15, 0.2) is 5.96 Å². The lowest BCUT2D eigenvalue weighted by Crippen LogP contribution is -2.41. The molecule has 0 saturated heterocycles. The Labute approximate surface area is 153 Å². The fourth-order valence-electron chi connectivity index (χ4n) is 1.63. The van der Waals surface area contributed by atoms with Crippen molar-refractivity contribution in [3.8, 4) is 5.75 Å². The van der Waals surface area contributed by atoms with Crippen LogP contribution in [0.1, 0.15) is 32.8 Å². The van der Waals surface area contributed by atoms with Crippen LogP contribution in [-0.2, 0) is 6.54 Å². The summed E-state index contributed by atoms with van der Waals surface area (Å²) >= 11 is 3.49. The molecular formula is C15H25BrIN3O. The predicted octanol–water partition coefficient (Wildman–Crippen LogP) is 3.93. The fraction of sp³-hybridized carbons (Fsp3) is 0.533. The molecule has 0 saturated carbocycles. The summed E-state index contributed by atoms with van der Waals surface area (Å²) in [5.41, 5.74) is 1.14. The minimum Gasteiger partial charge on any atom is -0.496 e. The number of ether oxygens (including phenoxy) is 1. The van der Waals surface area contributed by atoms with Gasteiger partial charge in [-0.25, -0.2) is 4.99 Å². The van der Waals surface area contributed by atoms with Gasteiger partial charge in [-0.1, -0.05) is 13.0 Å². The molecule has 0 heterocycles. The van der Waals surface area contributed by atoms with Crippen molar-refractivity contribution >= 4 is 45.9 Å². The maximum Gasteiger partial charge on any atom is 0.191 e. The van der Waals surface area contributed by atoms with Crippen LogP contribution in [0, 0.1) is 0 Å². The van der Waals surface area contributed by atoms with Gasteiger partial charge in [0.05, 0.1) is 18.1 Å². The third kappa shape index (κ3) is 7.35. The standard InChI is InChI=1S/C15H24BrN3O.HI/c1-5-11(3)19-15(17-6-2)18-10-12-7-8-14(20-4)13(16)9-12;/h7-9,11H,5-6,10H2,1-4H3,(H2,17,18,19);1H. The van der Waals surface area contributed by atoms with E-state index in [1.165, 1.54) is 0 Å². The van der Waals surface area contributed by atoms with Crippen molar-refractivity contribution < 1.29 is 4.74 Å². The van der Waals surface area contributed by atoms with E-state index in [-0.39, 0.29) is 24.0 Å². The Kier molecular flexibility index (Phi) is 10.9. The Morgan fingerprint density at radius 3 is 2.62 bits per heavy atom. The number of methoxy groups -OCH3 is 1. The quantitative estimate of drug-likeness (QED) is 0.377. The Morgan fingerprint density at radius 2 is 2.10 bits per heavy atom. The predicted molar refractivity (Wildman–Crippen MR) is 104 cm³/mol. The third-order valence-electron chi connectivity index (χ3n) is 2.98. The normalized spacial score (nSPS) is 12.3. The van der Waals surface area contributed by atoms with Crippen molar-refractivity contribution in [2.24, 2.45) is 4.99 Å². The molecule has 1 aromatic rings. The van der Waals surface area contributed by atoms with Crippen LogP contribution >= 0.6 is 39.9 Å². The van der Waals surface area contributed by atoms with Gasteiger partial charge in [0, 0.05) is 12.6 Å². The molecule has 2 N–H and O–H groups in total. The van der Waals surface area contributed by atoms with Gasteiger partial charge in [0.2, 0.25) is 0 Å². The number of benzene rings is 1. The number of guanidine groups is 1. The zero-order valence-electron chi connectivity index (χ0n) is 13.1. The first-order valence-electron chi connectivity index (χ1n) is 6.97. The highest BCUT2D eigenvalue weighted by atomic mass is 127. The Hall–Kier alpha value is -0.500.